The van der Waals surface area contributed by atoms with Crippen LogP contribution in [0, 0.1) is 22.0 Å². The van der Waals surface area contributed by atoms with Gasteiger partial charge in [0.05, 0.1) is 17.4 Å². The number of piperidine rings is 1. The van der Waals surface area contributed by atoms with Crippen LogP contribution in [0.5, 0.6) is 0 Å². The average Bonchev–Trinajstić information content (AvgIpc) is 3.53. The molecule has 4 rings (SSSR count). The summed E-state index contributed by atoms with van der Waals surface area (Å²) in [7, 11) is 0. The molecule has 0 spiro atoms. The summed E-state index contributed by atoms with van der Waals surface area (Å²) in [6, 6.07) is -0.669. The van der Waals surface area contributed by atoms with Gasteiger partial charge >= 0.3 is 23.7 Å². The van der Waals surface area contributed by atoms with E-state index in [4.69, 9.17) is 9.47 Å². The number of anilines is 1. The number of fused-ring (bicyclic) bond motifs is 1. The predicted molar refractivity (Wildman–Crippen MR) is 131 cm³/mol. The number of amides is 1. The number of ether oxygens (including phenoxy) is 2. The SMILES string of the molecule is CC(=O)O[C@@H]1[C@@H](C2CC2)CN(c2c([N+](=O)[O-])cnc3c2CCC3CC(=O)O)C[C@H]1NC(=O)OC(C)(C)C. The van der Waals surface area contributed by atoms with Gasteiger partial charge in [0.25, 0.3) is 0 Å². The zero-order chi connectivity index (χ0) is 27.1. The largest absolute Gasteiger partial charge is 0.481 e. The molecule has 2 heterocycles. The third-order valence-corrected chi connectivity index (χ3v) is 7.13. The standard InChI is InChI=1S/C25H34N4O8/c1-13(30)36-23-17(14-5-6-14)11-28(12-18(23)27-24(33)37-25(2,3)4)22-16-8-7-15(9-20(31)32)21(16)26-10-19(22)29(34)35/h10,14-15,17-18,23H,5-9,11-12H2,1-4H3,(H,27,33)(H,31,32)/t15?,17-,18-,23-/m1/s1. The van der Waals surface area contributed by atoms with Crippen LogP contribution in [-0.2, 0) is 25.5 Å². The van der Waals surface area contributed by atoms with Crippen LogP contribution in [0.1, 0.15) is 70.6 Å². The van der Waals surface area contributed by atoms with E-state index in [1.807, 2.05) is 4.90 Å². The van der Waals surface area contributed by atoms with Gasteiger partial charge in [0.15, 0.2) is 0 Å². The lowest BCUT2D eigenvalue weighted by molar-refractivity contribution is -0.384. The zero-order valence-corrected chi connectivity index (χ0v) is 21.6. The van der Waals surface area contributed by atoms with Gasteiger partial charge in [0.2, 0.25) is 0 Å². The summed E-state index contributed by atoms with van der Waals surface area (Å²) in [4.78, 5) is 53.9. The van der Waals surface area contributed by atoms with E-state index in [1.165, 1.54) is 13.1 Å². The van der Waals surface area contributed by atoms with E-state index >= 15 is 0 Å². The normalized spacial score (nSPS) is 25.2. The Balaban J connectivity index is 1.73. The van der Waals surface area contributed by atoms with E-state index < -0.39 is 40.7 Å². The van der Waals surface area contributed by atoms with Crippen LogP contribution in [0.3, 0.4) is 0 Å². The summed E-state index contributed by atoms with van der Waals surface area (Å²) >= 11 is 0. The van der Waals surface area contributed by atoms with Gasteiger partial charge in [-0.15, -0.1) is 0 Å². The van der Waals surface area contributed by atoms with Crippen LogP contribution >= 0.6 is 0 Å². The molecule has 12 heteroatoms. The highest BCUT2D eigenvalue weighted by Crippen LogP contribution is 2.47. The van der Waals surface area contributed by atoms with E-state index in [2.05, 4.69) is 10.3 Å². The van der Waals surface area contributed by atoms with Crippen molar-refractivity contribution >= 4 is 29.4 Å². The Bertz CT molecular complexity index is 1100. The molecule has 37 heavy (non-hydrogen) atoms. The first-order valence-electron chi connectivity index (χ1n) is 12.6. The molecule has 2 aliphatic carbocycles. The highest BCUT2D eigenvalue weighted by molar-refractivity contribution is 5.73. The Morgan fingerprint density at radius 2 is 1.95 bits per heavy atom. The summed E-state index contributed by atoms with van der Waals surface area (Å²) in [6.07, 6.45) is 2.72. The molecule has 3 aliphatic rings. The van der Waals surface area contributed by atoms with Gasteiger partial charge in [0, 0.05) is 43.1 Å². The number of hydrogen-bond acceptors (Lipinski definition) is 9. The number of carboxylic acid groups (broad SMARTS) is 1. The van der Waals surface area contributed by atoms with Crippen molar-refractivity contribution in [1.82, 2.24) is 10.3 Å². The number of pyridine rings is 1. The molecule has 0 aromatic carbocycles. The summed E-state index contributed by atoms with van der Waals surface area (Å²) in [6.45, 7) is 7.11. The van der Waals surface area contributed by atoms with Crippen molar-refractivity contribution in [2.75, 3.05) is 18.0 Å². The minimum Gasteiger partial charge on any atom is -0.481 e. The summed E-state index contributed by atoms with van der Waals surface area (Å²) in [5, 5.41) is 24.2. The number of esters is 1. The molecule has 0 bridgehead atoms. The maximum absolute atomic E-state index is 12.7. The van der Waals surface area contributed by atoms with E-state index in [0.717, 1.165) is 12.8 Å². The van der Waals surface area contributed by atoms with Gasteiger partial charge in [-0.05, 0) is 52.4 Å². The van der Waals surface area contributed by atoms with Crippen molar-refractivity contribution in [2.45, 2.75) is 83.5 Å². The molecule has 1 unspecified atom stereocenters. The fourth-order valence-corrected chi connectivity index (χ4v) is 5.64. The smallest absolute Gasteiger partial charge is 0.408 e. The van der Waals surface area contributed by atoms with Crippen LogP contribution in [0.25, 0.3) is 0 Å². The maximum atomic E-state index is 12.7. The molecule has 2 N–H and O–H groups in total. The van der Waals surface area contributed by atoms with Gasteiger partial charge < -0.3 is 24.8 Å². The van der Waals surface area contributed by atoms with Gasteiger partial charge in [-0.1, -0.05) is 0 Å². The second-order valence-corrected chi connectivity index (χ2v) is 11.2. The van der Waals surface area contributed by atoms with E-state index in [-0.39, 0.29) is 36.4 Å². The molecule has 1 saturated carbocycles. The lowest BCUT2D eigenvalue weighted by atomic mass is 9.86. The third-order valence-electron chi connectivity index (χ3n) is 7.13. The lowest BCUT2D eigenvalue weighted by Crippen LogP contribution is -2.61. The quantitative estimate of drug-likeness (QED) is 0.311. The maximum Gasteiger partial charge on any atom is 0.408 e. The third kappa shape index (κ3) is 6.11. The number of aliphatic carboxylic acids is 1. The van der Waals surface area contributed by atoms with Crippen LogP contribution in [0.15, 0.2) is 6.20 Å². The molecule has 202 valence electrons. The first-order valence-corrected chi connectivity index (χ1v) is 12.6. The molecule has 1 aromatic heterocycles. The number of carboxylic acids is 1. The lowest BCUT2D eigenvalue weighted by Gasteiger charge is -2.44. The molecule has 0 radical (unpaired) electrons. The van der Waals surface area contributed by atoms with Gasteiger partial charge in [0.1, 0.15) is 23.6 Å². The highest BCUT2D eigenvalue weighted by atomic mass is 16.6. The Kier molecular flexibility index (Phi) is 7.29. The predicted octanol–water partition coefficient (Wildman–Crippen LogP) is 3.17. The minimum absolute atomic E-state index is 0.0979. The fourth-order valence-electron chi connectivity index (χ4n) is 5.64. The molecule has 4 atom stereocenters. The van der Waals surface area contributed by atoms with Crippen LogP contribution in [0.2, 0.25) is 0 Å². The first-order chi connectivity index (χ1) is 17.3. The molecule has 1 aromatic rings. The number of aromatic nitrogens is 1. The number of carbonyl (C=O) groups is 3. The molecule has 1 saturated heterocycles. The topological polar surface area (TPSA) is 161 Å². The van der Waals surface area contributed by atoms with Gasteiger partial charge in [-0.2, -0.15) is 0 Å². The van der Waals surface area contributed by atoms with Gasteiger partial charge in [-0.3, -0.25) is 24.7 Å². The highest BCUT2D eigenvalue weighted by Gasteiger charge is 2.49. The monoisotopic (exact) mass is 518 g/mol. The first kappa shape index (κ1) is 26.6. The molecular formula is C25H34N4O8. The summed E-state index contributed by atoms with van der Waals surface area (Å²) < 4.78 is 11.2. The Morgan fingerprint density at radius 3 is 2.51 bits per heavy atom. The van der Waals surface area contributed by atoms with Crippen LogP contribution in [0.4, 0.5) is 16.2 Å². The number of nitro groups is 1. The van der Waals surface area contributed by atoms with Crippen molar-refractivity contribution in [3.05, 3.63) is 27.6 Å². The summed E-state index contributed by atoms with van der Waals surface area (Å²) in [5.41, 5.74) is 0.758. The number of carbonyl (C=O) groups excluding carboxylic acids is 2. The number of rotatable bonds is 7. The van der Waals surface area contributed by atoms with Crippen LogP contribution < -0.4 is 10.2 Å². The zero-order valence-electron chi connectivity index (χ0n) is 21.6. The van der Waals surface area contributed by atoms with Crippen molar-refractivity contribution < 1.29 is 33.9 Å². The second kappa shape index (κ2) is 10.1. The second-order valence-electron chi connectivity index (χ2n) is 11.2. The van der Waals surface area contributed by atoms with Crippen molar-refractivity contribution in [1.29, 1.82) is 0 Å². The summed E-state index contributed by atoms with van der Waals surface area (Å²) in [5.74, 6) is -1.63. The Hall–Kier alpha value is -3.44. The molecule has 12 nitrogen and oxygen atoms in total. The average molecular weight is 519 g/mol. The van der Waals surface area contributed by atoms with Crippen molar-refractivity contribution in [3.63, 3.8) is 0 Å². The van der Waals surface area contributed by atoms with E-state index in [9.17, 15) is 29.6 Å². The number of nitrogens with zero attached hydrogens (tertiary/aromatic N) is 3. The van der Waals surface area contributed by atoms with E-state index in [1.54, 1.807) is 20.8 Å². The minimum atomic E-state index is -0.947. The van der Waals surface area contributed by atoms with E-state index in [0.29, 0.717) is 36.3 Å². The van der Waals surface area contributed by atoms with Crippen molar-refractivity contribution in [3.8, 4) is 0 Å². The molecule has 1 aliphatic heterocycles. The Morgan fingerprint density at radius 1 is 1.24 bits per heavy atom. The number of hydrogen-bond donors (Lipinski definition) is 2. The number of alkyl carbamates (subject to hydrolysis) is 1. The molecular weight excluding hydrogens is 484 g/mol. The number of nitrogens with one attached hydrogen (secondary N) is 1. The molecule has 2 fully saturated rings. The van der Waals surface area contributed by atoms with Gasteiger partial charge in [-0.25, -0.2) is 4.79 Å². The molecule has 1 amide bonds. The van der Waals surface area contributed by atoms with Crippen molar-refractivity contribution in [2.24, 2.45) is 11.8 Å². The Labute approximate surface area is 214 Å². The van der Waals surface area contributed by atoms with Crippen LogP contribution in [-0.4, -0.2) is 63.9 Å². The fraction of sp³-hybridized carbons (Fsp3) is 0.680.